The molecule has 1 heterocycles. The highest BCUT2D eigenvalue weighted by molar-refractivity contribution is 5.64. The molecule has 5 heteroatoms. The number of likely N-dealkylation sites (N-methyl/N-ethyl adjacent to an activating group) is 1. The average molecular weight is 244 g/mol. The highest BCUT2D eigenvalue weighted by Gasteiger charge is 2.26. The maximum atomic E-state index is 10.7. The van der Waals surface area contributed by atoms with Crippen LogP contribution in [-0.4, -0.2) is 47.9 Å². The van der Waals surface area contributed by atoms with Crippen LogP contribution in [0.1, 0.15) is 33.1 Å². The number of ether oxygens (including phenoxy) is 1. The number of hydrogen-bond donors (Lipinski definition) is 2. The molecule has 1 saturated heterocycles. The predicted molar refractivity (Wildman–Crippen MR) is 66.0 cm³/mol. The second kappa shape index (κ2) is 6.21. The van der Waals surface area contributed by atoms with Crippen LogP contribution in [0.5, 0.6) is 0 Å². The van der Waals surface area contributed by atoms with Gasteiger partial charge in [-0.05, 0) is 39.0 Å². The number of rotatable bonds is 4. The molecule has 0 aromatic rings. The van der Waals surface area contributed by atoms with Crippen molar-refractivity contribution >= 4 is 6.09 Å². The Labute approximate surface area is 103 Å². The van der Waals surface area contributed by atoms with Crippen LogP contribution in [0.3, 0.4) is 0 Å². The van der Waals surface area contributed by atoms with Gasteiger partial charge in [0.25, 0.3) is 0 Å². The van der Waals surface area contributed by atoms with E-state index in [1.54, 1.807) is 7.05 Å². The topological polar surface area (TPSA) is 75.8 Å². The van der Waals surface area contributed by atoms with Gasteiger partial charge in [0.1, 0.15) is 0 Å². The van der Waals surface area contributed by atoms with Crippen LogP contribution in [0.4, 0.5) is 4.79 Å². The summed E-state index contributed by atoms with van der Waals surface area (Å²) in [6, 6.07) is -0.0846. The summed E-state index contributed by atoms with van der Waals surface area (Å²) < 4.78 is 5.67. The fourth-order valence-electron chi connectivity index (χ4n) is 2.67. The first kappa shape index (κ1) is 14.3. The van der Waals surface area contributed by atoms with Gasteiger partial charge in [0.15, 0.2) is 0 Å². The van der Waals surface area contributed by atoms with Crippen molar-refractivity contribution < 1.29 is 14.6 Å². The van der Waals surface area contributed by atoms with Crippen LogP contribution >= 0.6 is 0 Å². The van der Waals surface area contributed by atoms with Crippen molar-refractivity contribution in [3.8, 4) is 0 Å². The zero-order chi connectivity index (χ0) is 13.0. The van der Waals surface area contributed by atoms with E-state index in [1.807, 2.05) is 0 Å². The maximum absolute atomic E-state index is 10.7. The van der Waals surface area contributed by atoms with Crippen LogP contribution < -0.4 is 5.73 Å². The van der Waals surface area contributed by atoms with E-state index in [9.17, 15) is 4.79 Å². The normalized spacial score (nSPS) is 30.9. The van der Waals surface area contributed by atoms with Crippen molar-refractivity contribution in [3.05, 3.63) is 0 Å². The van der Waals surface area contributed by atoms with E-state index in [2.05, 4.69) is 13.8 Å². The molecule has 17 heavy (non-hydrogen) atoms. The molecular weight excluding hydrogens is 220 g/mol. The Morgan fingerprint density at radius 3 is 2.47 bits per heavy atom. The maximum Gasteiger partial charge on any atom is 0.407 e. The second-order valence-corrected chi connectivity index (χ2v) is 5.25. The lowest BCUT2D eigenvalue weighted by molar-refractivity contribution is -0.0546. The predicted octanol–water partition coefficient (Wildman–Crippen LogP) is 1.52. The number of nitrogens with two attached hydrogens (primary N) is 1. The monoisotopic (exact) mass is 244 g/mol. The highest BCUT2D eigenvalue weighted by atomic mass is 16.5. The molecule has 1 rings (SSSR count). The third kappa shape index (κ3) is 4.91. The first-order valence-corrected chi connectivity index (χ1v) is 6.23. The van der Waals surface area contributed by atoms with Crippen molar-refractivity contribution in [1.82, 2.24) is 4.90 Å². The van der Waals surface area contributed by atoms with Gasteiger partial charge in [-0.1, -0.05) is 0 Å². The van der Waals surface area contributed by atoms with E-state index in [1.165, 1.54) is 4.90 Å². The van der Waals surface area contributed by atoms with E-state index < -0.39 is 6.09 Å². The number of carbonyl (C=O) groups is 1. The van der Waals surface area contributed by atoms with Gasteiger partial charge in [-0.3, -0.25) is 0 Å². The van der Waals surface area contributed by atoms with Crippen LogP contribution in [0.2, 0.25) is 0 Å². The fraction of sp³-hybridized carbons (Fsp3) is 0.917. The summed E-state index contributed by atoms with van der Waals surface area (Å²) in [5.74, 6) is 0.547. The number of hydrogen-bond acceptors (Lipinski definition) is 3. The van der Waals surface area contributed by atoms with Crippen molar-refractivity contribution in [2.75, 3.05) is 13.6 Å². The Kier molecular flexibility index (Phi) is 5.21. The van der Waals surface area contributed by atoms with Gasteiger partial charge in [0.2, 0.25) is 0 Å². The minimum Gasteiger partial charge on any atom is -0.465 e. The van der Waals surface area contributed by atoms with Gasteiger partial charge in [-0.2, -0.15) is 0 Å². The Morgan fingerprint density at radius 1 is 1.47 bits per heavy atom. The van der Waals surface area contributed by atoms with Crippen LogP contribution in [0.15, 0.2) is 0 Å². The van der Waals surface area contributed by atoms with Gasteiger partial charge in [0, 0.05) is 19.6 Å². The van der Waals surface area contributed by atoms with Gasteiger partial charge in [-0.25, -0.2) is 4.79 Å². The average Bonchev–Trinajstić information content (AvgIpc) is 2.14. The van der Waals surface area contributed by atoms with E-state index in [0.717, 1.165) is 19.3 Å². The van der Waals surface area contributed by atoms with Gasteiger partial charge >= 0.3 is 6.09 Å². The lowest BCUT2D eigenvalue weighted by atomic mass is 9.87. The quantitative estimate of drug-likeness (QED) is 0.786. The van der Waals surface area contributed by atoms with Crippen molar-refractivity contribution in [2.45, 2.75) is 51.4 Å². The summed E-state index contributed by atoms with van der Waals surface area (Å²) in [7, 11) is 1.55. The van der Waals surface area contributed by atoms with E-state index in [0.29, 0.717) is 12.5 Å². The van der Waals surface area contributed by atoms with Gasteiger partial charge < -0.3 is 20.5 Å². The fourth-order valence-corrected chi connectivity index (χ4v) is 2.67. The zero-order valence-electron chi connectivity index (χ0n) is 10.9. The Balaban J connectivity index is 2.35. The molecule has 0 bridgehead atoms. The van der Waals surface area contributed by atoms with Crippen molar-refractivity contribution in [2.24, 2.45) is 11.7 Å². The summed E-state index contributed by atoms with van der Waals surface area (Å²) in [6.45, 7) is 4.56. The lowest BCUT2D eigenvalue weighted by Crippen LogP contribution is -2.40. The lowest BCUT2D eigenvalue weighted by Gasteiger charge is -2.33. The molecule has 0 spiro atoms. The molecule has 5 nitrogen and oxygen atoms in total. The molecular formula is C12H24N2O3. The van der Waals surface area contributed by atoms with Crippen LogP contribution in [0.25, 0.3) is 0 Å². The molecule has 0 aromatic carbocycles. The number of nitrogens with zero attached hydrogens (tertiary/aromatic N) is 1. The third-order valence-corrected chi connectivity index (χ3v) is 3.27. The van der Waals surface area contributed by atoms with Gasteiger partial charge in [0.05, 0.1) is 12.2 Å². The number of carboxylic acid groups (broad SMARTS) is 1. The summed E-state index contributed by atoms with van der Waals surface area (Å²) in [6.07, 6.45) is 2.56. The first-order chi connectivity index (χ1) is 7.88. The second-order valence-electron chi connectivity index (χ2n) is 5.25. The molecule has 4 atom stereocenters. The molecule has 0 saturated carbocycles. The van der Waals surface area contributed by atoms with E-state index in [-0.39, 0.29) is 18.2 Å². The van der Waals surface area contributed by atoms with Gasteiger partial charge in [-0.15, -0.1) is 0 Å². The molecule has 1 aliphatic heterocycles. The third-order valence-electron chi connectivity index (χ3n) is 3.27. The molecule has 100 valence electrons. The molecule has 0 aromatic heterocycles. The van der Waals surface area contributed by atoms with Crippen molar-refractivity contribution in [1.29, 1.82) is 0 Å². The minimum absolute atomic E-state index is 0.0846. The summed E-state index contributed by atoms with van der Waals surface area (Å²) in [5, 5.41) is 8.77. The first-order valence-electron chi connectivity index (χ1n) is 6.23. The minimum atomic E-state index is -0.922. The molecule has 3 N–H and O–H groups in total. The van der Waals surface area contributed by atoms with Crippen molar-refractivity contribution in [3.63, 3.8) is 0 Å². The molecule has 1 amide bonds. The standard InChI is InChI=1S/C12H24N2O3/c1-8-4-10(5-9(2)17-8)6-11(13)7-14(3)12(15)16/h8-11H,4-7,13H2,1-3H3,(H,15,16)/t8-,9+,10?,11-/m1/s1. The number of amides is 1. The summed E-state index contributed by atoms with van der Waals surface area (Å²) in [4.78, 5) is 11.9. The zero-order valence-corrected chi connectivity index (χ0v) is 10.9. The van der Waals surface area contributed by atoms with Crippen LogP contribution in [-0.2, 0) is 4.74 Å². The molecule has 0 radical (unpaired) electrons. The molecule has 1 unspecified atom stereocenters. The smallest absolute Gasteiger partial charge is 0.407 e. The van der Waals surface area contributed by atoms with E-state index in [4.69, 9.17) is 15.6 Å². The molecule has 1 fully saturated rings. The highest BCUT2D eigenvalue weighted by Crippen LogP contribution is 2.27. The Bertz CT molecular complexity index is 250. The Hall–Kier alpha value is -0.810. The summed E-state index contributed by atoms with van der Waals surface area (Å²) in [5.41, 5.74) is 5.99. The summed E-state index contributed by atoms with van der Waals surface area (Å²) >= 11 is 0. The SMILES string of the molecule is C[C@@H]1CC(C[C@@H](N)CN(C)C(=O)O)C[C@H](C)O1. The molecule has 1 aliphatic rings. The van der Waals surface area contributed by atoms with E-state index >= 15 is 0 Å². The molecule has 0 aliphatic carbocycles. The Morgan fingerprint density at radius 2 is 2.00 bits per heavy atom. The van der Waals surface area contributed by atoms with Crippen LogP contribution in [0, 0.1) is 5.92 Å². The largest absolute Gasteiger partial charge is 0.465 e.